The second-order valence-corrected chi connectivity index (χ2v) is 0.643. The molecule has 0 bridgehead atoms. The van der Waals surface area contributed by atoms with Gasteiger partial charge in [-0.2, -0.15) is 0 Å². The van der Waals surface area contributed by atoms with Crippen molar-refractivity contribution in [2.75, 3.05) is 7.11 Å². The summed E-state index contributed by atoms with van der Waals surface area (Å²) in [5, 5.41) is 8.69. The number of rotatable bonds is 0. The number of hydrogen-bond donors (Lipinski definition) is 1. The van der Waals surface area contributed by atoms with Gasteiger partial charge in [0.25, 0.3) is 0 Å². The standard InChI is InChI=1S/CCl2.CH4O/c2-1-3;1-2/h;2H,1H3. The Morgan fingerprint density at radius 3 is 1.40 bits per heavy atom. The molecule has 1 nitrogen and oxygen atoms in total. The minimum absolute atomic E-state index is 1.00. The van der Waals surface area contributed by atoms with Crippen LogP contribution < -0.4 is 0 Å². The van der Waals surface area contributed by atoms with E-state index in [1.54, 1.807) is 5.34 Å². The highest BCUT2D eigenvalue weighted by atomic mass is 35.5. The van der Waals surface area contributed by atoms with Crippen molar-refractivity contribution < 1.29 is 5.11 Å². The fourth-order valence-electron chi connectivity index (χ4n) is 0. The van der Waals surface area contributed by atoms with Crippen LogP contribution in [-0.4, -0.2) is 12.2 Å². The van der Waals surface area contributed by atoms with Crippen LogP contribution in [0.1, 0.15) is 0 Å². The van der Waals surface area contributed by atoms with Crippen LogP contribution in [0.4, 0.5) is 0 Å². The first-order chi connectivity index (χ1) is 2.41. The van der Waals surface area contributed by atoms with E-state index in [1.807, 2.05) is 0 Å². The van der Waals surface area contributed by atoms with Crippen LogP contribution in [0.15, 0.2) is 0 Å². The zero-order valence-electron chi connectivity index (χ0n) is 2.70. The molecular formula is C2H4Cl2O. The fraction of sp³-hybridized carbons (Fsp3) is 0.500. The van der Waals surface area contributed by atoms with Crippen molar-refractivity contribution >= 4 is 23.2 Å². The van der Waals surface area contributed by atoms with E-state index >= 15 is 0 Å². The number of hydrogen-bond acceptors (Lipinski definition) is 1. The molecule has 0 amide bonds. The Balaban J connectivity index is 0. The topological polar surface area (TPSA) is 20.2 Å². The molecule has 2 radical (unpaired) electrons. The molecule has 0 saturated heterocycles. The van der Waals surface area contributed by atoms with Crippen molar-refractivity contribution in [3.8, 4) is 0 Å². The van der Waals surface area contributed by atoms with Gasteiger partial charge < -0.3 is 5.11 Å². The predicted octanol–water partition coefficient (Wildman–Crippen LogP) is 1.07. The van der Waals surface area contributed by atoms with Gasteiger partial charge in [-0.3, -0.25) is 0 Å². The van der Waals surface area contributed by atoms with Crippen molar-refractivity contribution in [3.05, 3.63) is 5.34 Å². The minimum atomic E-state index is 1.00. The SMILES string of the molecule is CO.Cl[C]Cl. The molecule has 0 aliphatic rings. The summed E-state index contributed by atoms with van der Waals surface area (Å²) in [6.45, 7) is 0. The smallest absolute Gasteiger partial charge is 0.189 e. The average molecular weight is 115 g/mol. The molecule has 0 aliphatic carbocycles. The molecule has 0 aromatic carbocycles. The van der Waals surface area contributed by atoms with Gasteiger partial charge in [0.15, 0.2) is 5.34 Å². The molecule has 0 fully saturated rings. The third kappa shape index (κ3) is 100. The number of aliphatic hydroxyl groups excluding tert-OH is 1. The Bertz CT molecular complexity index is 7.61. The third-order valence-electron chi connectivity index (χ3n) is 0. The molecule has 0 aliphatic heterocycles. The lowest BCUT2D eigenvalue weighted by atomic mass is 11.8. The Labute approximate surface area is 41.5 Å². The van der Waals surface area contributed by atoms with Crippen LogP contribution in [0, 0.1) is 5.34 Å². The quantitative estimate of drug-likeness (QED) is 0.500. The molecule has 1 N–H and O–H groups in total. The molecule has 5 heavy (non-hydrogen) atoms. The normalized spacial score (nSPS) is 4.80. The van der Waals surface area contributed by atoms with Gasteiger partial charge in [-0.1, -0.05) is 23.2 Å². The molecule has 0 spiro atoms. The van der Waals surface area contributed by atoms with Crippen LogP contribution in [0.2, 0.25) is 0 Å². The minimum Gasteiger partial charge on any atom is -0.400 e. The first-order valence-electron chi connectivity index (χ1n) is 0.825. The Kier molecular flexibility index (Phi) is 43.7. The van der Waals surface area contributed by atoms with Crippen molar-refractivity contribution in [2.24, 2.45) is 0 Å². The van der Waals surface area contributed by atoms with Crippen molar-refractivity contribution in [2.45, 2.75) is 0 Å². The molecule has 0 unspecified atom stereocenters. The van der Waals surface area contributed by atoms with E-state index in [0.29, 0.717) is 0 Å². The van der Waals surface area contributed by atoms with Gasteiger partial charge >= 0.3 is 0 Å². The van der Waals surface area contributed by atoms with Crippen molar-refractivity contribution in [1.29, 1.82) is 0 Å². The van der Waals surface area contributed by atoms with E-state index in [4.69, 9.17) is 5.11 Å². The number of halogens is 2. The third-order valence-corrected chi connectivity index (χ3v) is 0. The highest BCUT2D eigenvalue weighted by Gasteiger charge is 1.47. The van der Waals surface area contributed by atoms with E-state index in [9.17, 15) is 0 Å². The summed E-state index contributed by atoms with van der Waals surface area (Å²) in [5.41, 5.74) is 0. The largest absolute Gasteiger partial charge is 0.400 e. The molecule has 0 rings (SSSR count). The summed E-state index contributed by atoms with van der Waals surface area (Å²) in [5.74, 6) is 0. The monoisotopic (exact) mass is 114 g/mol. The predicted molar refractivity (Wildman–Crippen MR) is 23.1 cm³/mol. The first-order valence-corrected chi connectivity index (χ1v) is 1.58. The molecule has 3 heteroatoms. The maximum Gasteiger partial charge on any atom is 0.189 e. The number of aliphatic hydroxyl groups is 1. The zero-order chi connectivity index (χ0) is 4.71. The first kappa shape index (κ1) is 9.11. The maximum atomic E-state index is 7.00. The molecule has 0 saturated carbocycles. The van der Waals surface area contributed by atoms with Crippen LogP contribution in [-0.2, 0) is 0 Å². The van der Waals surface area contributed by atoms with Crippen LogP contribution >= 0.6 is 23.2 Å². The summed E-state index contributed by atoms with van der Waals surface area (Å²) in [7, 11) is 1.00. The van der Waals surface area contributed by atoms with Gasteiger partial charge in [-0.05, 0) is 0 Å². The molecule has 0 aromatic rings. The molecule has 0 heterocycles. The van der Waals surface area contributed by atoms with Gasteiger partial charge in [-0.25, -0.2) is 0 Å². The highest BCUT2D eigenvalue weighted by molar-refractivity contribution is 6.47. The second-order valence-electron chi connectivity index (χ2n) is 0.0714. The Morgan fingerprint density at radius 2 is 1.40 bits per heavy atom. The summed E-state index contributed by atoms with van der Waals surface area (Å²) < 4.78 is 0. The molecular weight excluding hydrogens is 111 g/mol. The van der Waals surface area contributed by atoms with Gasteiger partial charge in [0.2, 0.25) is 0 Å². The maximum absolute atomic E-state index is 7.00. The van der Waals surface area contributed by atoms with E-state index in [0.717, 1.165) is 7.11 Å². The summed E-state index contributed by atoms with van der Waals surface area (Å²) >= 11 is 9.03. The fourth-order valence-corrected chi connectivity index (χ4v) is 0. The van der Waals surface area contributed by atoms with E-state index < -0.39 is 0 Å². The summed E-state index contributed by atoms with van der Waals surface area (Å²) in [4.78, 5) is 0. The van der Waals surface area contributed by atoms with Crippen LogP contribution in [0.3, 0.4) is 0 Å². The molecule has 0 atom stereocenters. The van der Waals surface area contributed by atoms with Crippen LogP contribution in [0.5, 0.6) is 0 Å². The lowest BCUT2D eigenvalue weighted by Crippen LogP contribution is -1.25. The highest BCUT2D eigenvalue weighted by Crippen LogP contribution is 1.83. The Morgan fingerprint density at radius 1 is 1.40 bits per heavy atom. The Hall–Kier alpha value is 0.540. The van der Waals surface area contributed by atoms with E-state index in [-0.39, 0.29) is 0 Å². The lowest BCUT2D eigenvalue weighted by Gasteiger charge is -1.37. The van der Waals surface area contributed by atoms with Gasteiger partial charge in [0, 0.05) is 7.11 Å². The van der Waals surface area contributed by atoms with Gasteiger partial charge in [0.1, 0.15) is 0 Å². The summed E-state index contributed by atoms with van der Waals surface area (Å²) in [6.07, 6.45) is 0. The van der Waals surface area contributed by atoms with Crippen molar-refractivity contribution in [3.63, 3.8) is 0 Å². The van der Waals surface area contributed by atoms with E-state index in [1.165, 1.54) is 0 Å². The molecule has 32 valence electrons. The van der Waals surface area contributed by atoms with Crippen LogP contribution in [0.25, 0.3) is 0 Å². The average Bonchev–Trinajstić information content (AvgIpc) is 1.46. The molecule has 0 aromatic heterocycles. The summed E-state index contributed by atoms with van der Waals surface area (Å²) in [6, 6.07) is 0. The zero-order valence-corrected chi connectivity index (χ0v) is 4.22. The van der Waals surface area contributed by atoms with E-state index in [2.05, 4.69) is 23.2 Å². The second kappa shape index (κ2) is 24.0. The lowest BCUT2D eigenvalue weighted by molar-refractivity contribution is 0.399. The van der Waals surface area contributed by atoms with Crippen molar-refractivity contribution in [1.82, 2.24) is 0 Å². The van der Waals surface area contributed by atoms with Gasteiger partial charge in [-0.15, -0.1) is 0 Å². The van der Waals surface area contributed by atoms with Gasteiger partial charge in [0.05, 0.1) is 0 Å².